The minimum absolute atomic E-state index is 0.000231. The molecule has 102 valence electrons. The largest absolute Gasteiger partial charge is 0.462 e. The maximum Gasteiger partial charge on any atom is 0.345 e. The van der Waals surface area contributed by atoms with Crippen LogP contribution in [0.15, 0.2) is 23.2 Å². The minimum atomic E-state index is -0.628. The molecule has 0 radical (unpaired) electrons. The predicted octanol–water partition coefficient (Wildman–Crippen LogP) is 0.412. The third kappa shape index (κ3) is 2.25. The Labute approximate surface area is 111 Å². The van der Waals surface area contributed by atoms with Crippen LogP contribution >= 0.6 is 0 Å². The van der Waals surface area contributed by atoms with Gasteiger partial charge in [0.1, 0.15) is 17.7 Å². The zero-order chi connectivity index (χ0) is 14.0. The van der Waals surface area contributed by atoms with Crippen LogP contribution in [0.3, 0.4) is 0 Å². The second-order valence-corrected chi connectivity index (χ2v) is 4.40. The van der Waals surface area contributed by atoms with E-state index in [9.17, 15) is 14.4 Å². The average molecular weight is 264 g/mol. The Balaban J connectivity index is 2.41. The molecule has 0 aromatic carbocycles. The third-order valence-electron chi connectivity index (χ3n) is 3.14. The fourth-order valence-electron chi connectivity index (χ4n) is 2.35. The average Bonchev–Trinajstić information content (AvgIpc) is 2.42. The van der Waals surface area contributed by atoms with E-state index >= 15 is 0 Å². The number of carbonyl (C=O) groups excluding carboxylic acids is 3. The number of fused-ring (bicyclic) bond motifs is 1. The van der Waals surface area contributed by atoms with Crippen molar-refractivity contribution in [1.29, 1.82) is 0 Å². The predicted molar refractivity (Wildman–Crippen MR) is 66.5 cm³/mol. The lowest BCUT2D eigenvalue weighted by Crippen LogP contribution is -2.46. The van der Waals surface area contributed by atoms with Crippen LogP contribution in [0.2, 0.25) is 0 Å². The van der Waals surface area contributed by atoms with E-state index in [1.807, 2.05) is 0 Å². The van der Waals surface area contributed by atoms with Gasteiger partial charge in [0.2, 0.25) is 0 Å². The molecule has 0 unspecified atom stereocenters. The molecule has 2 aliphatic heterocycles. The minimum Gasteiger partial charge on any atom is -0.462 e. The van der Waals surface area contributed by atoms with Crippen molar-refractivity contribution in [2.45, 2.75) is 19.8 Å². The number of hydrogen-bond acceptors (Lipinski definition) is 5. The molecule has 0 aromatic rings. The number of allylic oxidation sites excluding steroid dienone is 1. The van der Waals surface area contributed by atoms with Crippen molar-refractivity contribution < 1.29 is 19.1 Å². The highest BCUT2D eigenvalue weighted by molar-refractivity contribution is 6.17. The summed E-state index contributed by atoms with van der Waals surface area (Å²) in [7, 11) is 1.71. The number of hydrogen-bond donors (Lipinski definition) is 0. The summed E-state index contributed by atoms with van der Waals surface area (Å²) in [6.07, 6.45) is 3.57. The summed E-state index contributed by atoms with van der Waals surface area (Å²) in [6, 6.07) is 0. The Hall–Kier alpha value is -2.11. The van der Waals surface area contributed by atoms with Gasteiger partial charge in [-0.1, -0.05) is 0 Å². The molecule has 1 amide bonds. The van der Waals surface area contributed by atoms with Crippen molar-refractivity contribution in [3.63, 3.8) is 0 Å². The summed E-state index contributed by atoms with van der Waals surface area (Å²) in [5.41, 5.74) is 0.585. The zero-order valence-corrected chi connectivity index (χ0v) is 11.0. The molecule has 0 saturated heterocycles. The van der Waals surface area contributed by atoms with E-state index in [4.69, 9.17) is 4.74 Å². The second-order valence-electron chi connectivity index (χ2n) is 4.40. The maximum absolute atomic E-state index is 12.3. The molecule has 0 aliphatic carbocycles. The van der Waals surface area contributed by atoms with E-state index in [0.29, 0.717) is 30.8 Å². The number of nitrogens with zero attached hydrogens (tertiary/aromatic N) is 2. The lowest BCUT2D eigenvalue weighted by Gasteiger charge is -2.38. The quantitative estimate of drug-likeness (QED) is 0.419. The van der Waals surface area contributed by atoms with Crippen molar-refractivity contribution >= 4 is 18.2 Å². The van der Waals surface area contributed by atoms with Crippen molar-refractivity contribution in [1.82, 2.24) is 9.80 Å². The Kier molecular flexibility index (Phi) is 3.69. The number of ether oxygens (including phenoxy) is 1. The third-order valence-corrected chi connectivity index (χ3v) is 3.14. The monoisotopic (exact) mass is 264 g/mol. The van der Waals surface area contributed by atoms with Gasteiger partial charge in [-0.15, -0.1) is 0 Å². The Morgan fingerprint density at radius 1 is 1.53 bits per heavy atom. The molecular weight excluding hydrogens is 248 g/mol. The lowest BCUT2D eigenvalue weighted by atomic mass is 10.0. The first-order valence-electron chi connectivity index (χ1n) is 6.22. The molecule has 0 saturated carbocycles. The molecule has 6 heteroatoms. The highest BCUT2D eigenvalue weighted by Gasteiger charge is 2.36. The van der Waals surface area contributed by atoms with Crippen molar-refractivity contribution in [3.8, 4) is 0 Å². The molecule has 2 heterocycles. The van der Waals surface area contributed by atoms with Gasteiger partial charge in [0.05, 0.1) is 6.61 Å². The molecule has 6 nitrogen and oxygen atoms in total. The van der Waals surface area contributed by atoms with Crippen LogP contribution in [0.5, 0.6) is 0 Å². The van der Waals surface area contributed by atoms with E-state index in [0.717, 1.165) is 6.29 Å². The van der Waals surface area contributed by atoms with Crippen molar-refractivity contribution in [2.75, 3.05) is 20.2 Å². The topological polar surface area (TPSA) is 66.9 Å². The highest BCUT2D eigenvalue weighted by Crippen LogP contribution is 2.29. The SMILES string of the molecule is CCOC(=O)C1=CN(C)C2=C(C=O)CCCN2C1=O. The first-order chi connectivity index (χ1) is 9.10. The van der Waals surface area contributed by atoms with Crippen LogP contribution in [0.25, 0.3) is 0 Å². The number of amides is 1. The smallest absolute Gasteiger partial charge is 0.345 e. The molecule has 2 rings (SSSR count). The summed E-state index contributed by atoms with van der Waals surface area (Å²) in [5, 5.41) is 0. The van der Waals surface area contributed by atoms with Crippen molar-refractivity contribution in [3.05, 3.63) is 23.2 Å². The molecular formula is C13H16N2O4. The Morgan fingerprint density at radius 2 is 2.26 bits per heavy atom. The normalized spacial score (nSPS) is 19.1. The number of esters is 1. The molecule has 0 spiro atoms. The summed E-state index contributed by atoms with van der Waals surface area (Å²) < 4.78 is 4.87. The van der Waals surface area contributed by atoms with E-state index in [-0.39, 0.29) is 12.2 Å². The summed E-state index contributed by atoms with van der Waals surface area (Å²) in [6.45, 7) is 2.41. The molecule has 0 aromatic heterocycles. The summed E-state index contributed by atoms with van der Waals surface area (Å²) in [4.78, 5) is 38.1. The van der Waals surface area contributed by atoms with Gasteiger partial charge in [0, 0.05) is 25.4 Å². The number of carbonyl (C=O) groups is 3. The summed E-state index contributed by atoms with van der Waals surface area (Å²) >= 11 is 0. The van der Waals surface area contributed by atoms with E-state index in [2.05, 4.69) is 0 Å². The van der Waals surface area contributed by atoms with E-state index in [1.54, 1.807) is 18.9 Å². The molecule has 0 bridgehead atoms. The van der Waals surface area contributed by atoms with Crippen LogP contribution in [-0.4, -0.2) is 48.2 Å². The van der Waals surface area contributed by atoms with Gasteiger partial charge in [0.25, 0.3) is 5.91 Å². The van der Waals surface area contributed by atoms with Gasteiger partial charge in [-0.05, 0) is 19.8 Å². The lowest BCUT2D eigenvalue weighted by molar-refractivity contribution is -0.142. The summed E-state index contributed by atoms with van der Waals surface area (Å²) in [5.74, 6) is -0.457. The fraction of sp³-hybridized carbons (Fsp3) is 0.462. The van der Waals surface area contributed by atoms with Gasteiger partial charge in [0.15, 0.2) is 0 Å². The van der Waals surface area contributed by atoms with Gasteiger partial charge < -0.3 is 9.64 Å². The van der Waals surface area contributed by atoms with Gasteiger partial charge in [-0.2, -0.15) is 0 Å². The Bertz CT molecular complexity index is 493. The number of rotatable bonds is 3. The van der Waals surface area contributed by atoms with Crippen LogP contribution in [0.4, 0.5) is 0 Å². The van der Waals surface area contributed by atoms with Gasteiger partial charge in [-0.25, -0.2) is 4.79 Å². The van der Waals surface area contributed by atoms with E-state index in [1.165, 1.54) is 11.1 Å². The maximum atomic E-state index is 12.3. The fourth-order valence-corrected chi connectivity index (χ4v) is 2.35. The van der Waals surface area contributed by atoms with Crippen LogP contribution < -0.4 is 0 Å². The molecule has 2 aliphatic rings. The van der Waals surface area contributed by atoms with Gasteiger partial charge in [-0.3, -0.25) is 14.5 Å². The Morgan fingerprint density at radius 3 is 2.89 bits per heavy atom. The first kappa shape index (κ1) is 13.3. The molecule has 0 atom stereocenters. The van der Waals surface area contributed by atoms with Crippen LogP contribution in [-0.2, 0) is 19.1 Å². The van der Waals surface area contributed by atoms with Crippen LogP contribution in [0.1, 0.15) is 19.8 Å². The second kappa shape index (κ2) is 5.26. The first-order valence-corrected chi connectivity index (χ1v) is 6.22. The standard InChI is InChI=1S/C13H16N2O4/c1-3-19-13(18)10-7-14(2)11-9(8-16)5-4-6-15(11)12(10)17/h7-8H,3-6H2,1-2H3. The zero-order valence-electron chi connectivity index (χ0n) is 11.0. The molecule has 19 heavy (non-hydrogen) atoms. The van der Waals surface area contributed by atoms with E-state index < -0.39 is 11.9 Å². The molecule has 0 N–H and O–H groups in total. The van der Waals surface area contributed by atoms with Crippen LogP contribution in [0, 0.1) is 0 Å². The van der Waals surface area contributed by atoms with Crippen molar-refractivity contribution in [2.24, 2.45) is 0 Å². The highest BCUT2D eigenvalue weighted by atomic mass is 16.5. The number of aldehydes is 1. The molecule has 0 fully saturated rings. The van der Waals surface area contributed by atoms with Gasteiger partial charge >= 0.3 is 5.97 Å².